The van der Waals surface area contributed by atoms with E-state index in [9.17, 15) is 24.0 Å². The number of aromatic nitrogens is 2. The van der Waals surface area contributed by atoms with Crippen molar-refractivity contribution in [1.82, 2.24) is 9.55 Å². The second kappa shape index (κ2) is 23.6. The van der Waals surface area contributed by atoms with Gasteiger partial charge in [0.15, 0.2) is 5.78 Å². The standard InChI is InChI=1S/C11H16N2O2.C9H14O3.C6H8O3.C5H8O/c1-10(2)11(14)15-8-4-3-6-13-7-5-12-9-13;1-7(2)9(10)12-8-5-3-4-6-11-8;1-4(2)6(8)9-5(3)7;1-4(2)5(3)6/h5,7,9H,1,3-4,6,8H2,2H3;8H,1,3-6H2,2H3;1H2,2-3H3;1H2,2-3H3. The maximum absolute atomic E-state index is 11.0. The number of esters is 4. The Labute approximate surface area is 249 Å². The van der Waals surface area contributed by atoms with E-state index in [1.807, 2.05) is 10.8 Å². The molecule has 2 heterocycles. The van der Waals surface area contributed by atoms with E-state index in [4.69, 9.17) is 14.2 Å². The number of hydrogen-bond donors (Lipinski definition) is 0. The molecule has 0 aromatic carbocycles. The van der Waals surface area contributed by atoms with Crippen molar-refractivity contribution in [2.24, 2.45) is 0 Å². The number of allylic oxidation sites excluding steroid dienone is 1. The molecule has 1 aliphatic rings. The Morgan fingerprint density at radius 3 is 1.79 bits per heavy atom. The average Bonchev–Trinajstić information content (AvgIpc) is 3.43. The molecule has 0 aliphatic carbocycles. The van der Waals surface area contributed by atoms with Gasteiger partial charge in [0.25, 0.3) is 0 Å². The summed E-state index contributed by atoms with van der Waals surface area (Å²) >= 11 is 0. The summed E-state index contributed by atoms with van der Waals surface area (Å²) in [6.45, 7) is 24.9. The van der Waals surface area contributed by atoms with Gasteiger partial charge in [0, 0.05) is 49.0 Å². The van der Waals surface area contributed by atoms with Gasteiger partial charge in [0.1, 0.15) is 0 Å². The van der Waals surface area contributed by atoms with Crippen molar-refractivity contribution in [3.8, 4) is 0 Å². The van der Waals surface area contributed by atoms with E-state index in [-0.39, 0.29) is 29.6 Å². The molecule has 1 atom stereocenters. The number of aryl methyl sites for hydroxylation is 1. The van der Waals surface area contributed by atoms with Gasteiger partial charge in [-0.3, -0.25) is 9.59 Å². The molecular weight excluding hydrogens is 544 g/mol. The molecule has 0 spiro atoms. The summed E-state index contributed by atoms with van der Waals surface area (Å²) < 4.78 is 21.3. The second-order valence-corrected chi connectivity index (χ2v) is 9.40. The predicted octanol–water partition coefficient (Wildman–Crippen LogP) is 5.22. The Morgan fingerprint density at radius 2 is 1.40 bits per heavy atom. The number of carbonyl (C=O) groups is 5. The van der Waals surface area contributed by atoms with E-state index in [2.05, 4.69) is 36.0 Å². The fourth-order valence-electron chi connectivity index (χ4n) is 2.35. The van der Waals surface area contributed by atoms with Gasteiger partial charge in [0.2, 0.25) is 6.29 Å². The molecule has 0 saturated carbocycles. The van der Waals surface area contributed by atoms with Crippen molar-refractivity contribution in [1.29, 1.82) is 0 Å². The summed E-state index contributed by atoms with van der Waals surface area (Å²) in [5.74, 6) is -1.87. The van der Waals surface area contributed by atoms with Gasteiger partial charge in [0.05, 0.1) is 19.5 Å². The highest BCUT2D eigenvalue weighted by Crippen LogP contribution is 2.14. The van der Waals surface area contributed by atoms with Gasteiger partial charge in [-0.1, -0.05) is 26.3 Å². The fraction of sp³-hybridized carbons (Fsp3) is 0.484. The number of nitrogens with zero attached hydrogens (tertiary/aromatic N) is 2. The van der Waals surface area contributed by atoms with E-state index >= 15 is 0 Å². The van der Waals surface area contributed by atoms with Crippen LogP contribution in [0.3, 0.4) is 0 Å². The van der Waals surface area contributed by atoms with Gasteiger partial charge in [-0.2, -0.15) is 0 Å². The summed E-state index contributed by atoms with van der Waals surface area (Å²) in [5.41, 5.74) is 1.72. The molecule has 42 heavy (non-hydrogen) atoms. The third-order valence-corrected chi connectivity index (χ3v) is 4.86. The van der Waals surface area contributed by atoms with Crippen LogP contribution in [0.2, 0.25) is 0 Å². The fourth-order valence-corrected chi connectivity index (χ4v) is 2.35. The lowest BCUT2D eigenvalue weighted by molar-refractivity contribution is -0.182. The smallest absolute Gasteiger partial charge is 0.340 e. The molecule has 1 aliphatic heterocycles. The number of hydrogen-bond acceptors (Lipinski definition) is 10. The number of imidazole rings is 1. The average molecular weight is 591 g/mol. The number of carbonyl (C=O) groups excluding carboxylic acids is 5. The Kier molecular flexibility index (Phi) is 22.5. The number of rotatable bonds is 10. The highest BCUT2D eigenvalue weighted by molar-refractivity contribution is 5.94. The normalized spacial score (nSPS) is 13.0. The Bertz CT molecular complexity index is 1050. The zero-order chi connectivity index (χ0) is 32.7. The quantitative estimate of drug-likeness (QED) is 0.117. The first-order chi connectivity index (χ1) is 19.6. The summed E-state index contributed by atoms with van der Waals surface area (Å²) in [5, 5.41) is 0. The first-order valence-corrected chi connectivity index (χ1v) is 13.4. The van der Waals surface area contributed by atoms with Crippen LogP contribution in [0.4, 0.5) is 0 Å². The van der Waals surface area contributed by atoms with Crippen LogP contribution >= 0.6 is 0 Å². The molecule has 1 fully saturated rings. The monoisotopic (exact) mass is 590 g/mol. The molecule has 1 aromatic rings. The van der Waals surface area contributed by atoms with Crippen LogP contribution in [0, 0.1) is 0 Å². The van der Waals surface area contributed by atoms with Gasteiger partial charge < -0.3 is 23.5 Å². The highest BCUT2D eigenvalue weighted by Gasteiger charge is 2.18. The van der Waals surface area contributed by atoms with Crippen LogP contribution in [0.15, 0.2) is 67.3 Å². The van der Waals surface area contributed by atoms with Crippen LogP contribution in [0.5, 0.6) is 0 Å². The lowest BCUT2D eigenvalue weighted by Gasteiger charge is -2.22. The topological polar surface area (TPSA) is 140 Å². The summed E-state index contributed by atoms with van der Waals surface area (Å²) in [4.78, 5) is 56.5. The SMILES string of the molecule is C=C(C)C(=O)OC(C)=O.C=C(C)C(=O)OC1CCCCO1.C=C(C)C(=O)OCCCCn1ccnc1.C=C(C)C(C)=O. The van der Waals surface area contributed by atoms with Crippen molar-refractivity contribution < 1.29 is 42.9 Å². The molecule has 0 radical (unpaired) electrons. The molecule has 234 valence electrons. The second-order valence-electron chi connectivity index (χ2n) is 9.40. The molecule has 1 saturated heterocycles. The van der Waals surface area contributed by atoms with Crippen molar-refractivity contribution in [2.75, 3.05) is 13.2 Å². The number of unbranched alkanes of at least 4 members (excludes halogenated alkanes) is 1. The van der Waals surface area contributed by atoms with Crippen molar-refractivity contribution in [2.45, 2.75) is 86.5 Å². The van der Waals surface area contributed by atoms with Crippen LogP contribution in [-0.2, 0) is 49.5 Å². The van der Waals surface area contributed by atoms with Gasteiger partial charge in [-0.25, -0.2) is 19.4 Å². The van der Waals surface area contributed by atoms with E-state index in [0.29, 0.717) is 29.9 Å². The largest absolute Gasteiger partial charge is 0.462 e. The Morgan fingerprint density at radius 1 is 0.833 bits per heavy atom. The third kappa shape index (κ3) is 23.7. The minimum absolute atomic E-state index is 0.0648. The molecule has 1 unspecified atom stereocenters. The number of Topliss-reactive ketones (excluding diaryl/α,β-unsaturated/α-hetero) is 1. The van der Waals surface area contributed by atoms with Crippen molar-refractivity contribution in [3.05, 3.63) is 67.3 Å². The molecule has 0 N–H and O–H groups in total. The van der Waals surface area contributed by atoms with Crippen LogP contribution in [-0.4, -0.2) is 58.7 Å². The molecule has 11 heteroatoms. The van der Waals surface area contributed by atoms with Crippen LogP contribution in [0.1, 0.15) is 73.6 Å². The Balaban J connectivity index is 0. The molecule has 2 rings (SSSR count). The maximum atomic E-state index is 11.0. The zero-order valence-corrected chi connectivity index (χ0v) is 25.9. The summed E-state index contributed by atoms with van der Waals surface area (Å²) in [6.07, 6.45) is 9.86. The van der Waals surface area contributed by atoms with Crippen molar-refractivity contribution >= 4 is 29.7 Å². The molecule has 0 bridgehead atoms. The first kappa shape index (κ1) is 40.0. The lowest BCUT2D eigenvalue weighted by Crippen LogP contribution is -2.25. The molecule has 0 amide bonds. The number of ketones is 1. The summed E-state index contributed by atoms with van der Waals surface area (Å²) in [7, 11) is 0. The Hall–Kier alpha value is -4.12. The molecular formula is C31H46N2O9. The number of ether oxygens (including phenoxy) is 4. The maximum Gasteiger partial charge on any atom is 0.340 e. The van der Waals surface area contributed by atoms with Gasteiger partial charge >= 0.3 is 23.9 Å². The first-order valence-electron chi connectivity index (χ1n) is 13.4. The minimum atomic E-state index is -0.664. The molecule has 1 aromatic heterocycles. The van der Waals surface area contributed by atoms with Gasteiger partial charge in [-0.05, 0) is 65.9 Å². The van der Waals surface area contributed by atoms with E-state index in [1.54, 1.807) is 33.3 Å². The van der Waals surface area contributed by atoms with Crippen LogP contribution in [0.25, 0.3) is 0 Å². The zero-order valence-electron chi connectivity index (χ0n) is 25.9. The van der Waals surface area contributed by atoms with Crippen LogP contribution < -0.4 is 0 Å². The third-order valence-electron chi connectivity index (χ3n) is 4.86. The molecule has 11 nitrogen and oxygen atoms in total. The van der Waals surface area contributed by atoms with E-state index in [1.165, 1.54) is 20.8 Å². The van der Waals surface area contributed by atoms with Gasteiger partial charge in [-0.15, -0.1) is 0 Å². The van der Waals surface area contributed by atoms with Crippen molar-refractivity contribution in [3.63, 3.8) is 0 Å². The van der Waals surface area contributed by atoms with E-state index in [0.717, 1.165) is 38.6 Å². The van der Waals surface area contributed by atoms with E-state index < -0.39 is 11.9 Å². The summed E-state index contributed by atoms with van der Waals surface area (Å²) in [6, 6.07) is 0. The predicted molar refractivity (Wildman–Crippen MR) is 159 cm³/mol. The lowest BCUT2D eigenvalue weighted by atomic mass is 10.2. The highest BCUT2D eigenvalue weighted by atomic mass is 16.7. The minimum Gasteiger partial charge on any atom is -0.462 e.